The number of aryl methyl sites for hydroxylation is 1. The fourth-order valence-corrected chi connectivity index (χ4v) is 1.27. The Hall–Kier alpha value is -2.46. The van der Waals surface area contributed by atoms with Crippen LogP contribution in [0.25, 0.3) is 0 Å². The molecule has 0 aromatic heterocycles. The molecule has 0 atom stereocenters. The van der Waals surface area contributed by atoms with Crippen LogP contribution in [0.2, 0.25) is 0 Å². The van der Waals surface area contributed by atoms with Gasteiger partial charge in [-0.25, -0.2) is 0 Å². The van der Waals surface area contributed by atoms with Gasteiger partial charge in [-0.3, -0.25) is 20.2 Å². The van der Waals surface area contributed by atoms with E-state index in [9.17, 15) is 37.8 Å². The second-order valence-electron chi connectivity index (χ2n) is 3.59. The third-order valence-electron chi connectivity index (χ3n) is 2.17. The average Bonchev–Trinajstić information content (AvgIpc) is 2.27. The molecule has 0 saturated heterocycles. The van der Waals surface area contributed by atoms with Gasteiger partial charge in [0.05, 0.1) is 15.9 Å². The van der Waals surface area contributed by atoms with E-state index in [4.69, 9.17) is 0 Å². The molecular formula is C9H6F4N2O5. The molecule has 1 rings (SSSR count). The van der Waals surface area contributed by atoms with Crippen molar-refractivity contribution < 1.29 is 32.1 Å². The molecule has 110 valence electrons. The van der Waals surface area contributed by atoms with Crippen molar-refractivity contribution in [2.75, 3.05) is 0 Å². The summed E-state index contributed by atoms with van der Waals surface area (Å²) in [5, 5.41) is 21.2. The second-order valence-corrected chi connectivity index (χ2v) is 3.59. The summed E-state index contributed by atoms with van der Waals surface area (Å²) in [5.74, 6) is -1.18. The fraction of sp³-hybridized carbons (Fsp3) is 0.333. The lowest BCUT2D eigenvalue weighted by Crippen LogP contribution is -2.33. The van der Waals surface area contributed by atoms with Crippen LogP contribution < -0.4 is 4.74 Å². The van der Waals surface area contributed by atoms with Crippen molar-refractivity contribution in [1.29, 1.82) is 0 Å². The van der Waals surface area contributed by atoms with E-state index in [1.165, 1.54) is 0 Å². The third kappa shape index (κ3) is 3.10. The topological polar surface area (TPSA) is 95.5 Å². The van der Waals surface area contributed by atoms with Crippen LogP contribution in [0.3, 0.4) is 0 Å². The van der Waals surface area contributed by atoms with E-state index in [-0.39, 0.29) is 5.56 Å². The van der Waals surface area contributed by atoms with Crippen LogP contribution in [-0.4, -0.2) is 22.4 Å². The van der Waals surface area contributed by atoms with Gasteiger partial charge in [-0.15, -0.1) is 0 Å². The highest BCUT2D eigenvalue weighted by molar-refractivity contribution is 5.57. The highest BCUT2D eigenvalue weighted by Gasteiger charge is 2.45. The first-order valence-electron chi connectivity index (χ1n) is 4.84. The first-order valence-corrected chi connectivity index (χ1v) is 4.84. The van der Waals surface area contributed by atoms with Gasteiger partial charge < -0.3 is 4.74 Å². The van der Waals surface area contributed by atoms with Gasteiger partial charge in [0.1, 0.15) is 0 Å². The smallest absolute Gasteiger partial charge is 0.421 e. The van der Waals surface area contributed by atoms with Gasteiger partial charge in [0.2, 0.25) is 5.75 Å². The summed E-state index contributed by atoms with van der Waals surface area (Å²) in [7, 11) is 0. The van der Waals surface area contributed by atoms with Crippen LogP contribution >= 0.6 is 0 Å². The van der Waals surface area contributed by atoms with E-state index in [2.05, 4.69) is 4.74 Å². The predicted molar refractivity (Wildman–Crippen MR) is 56.1 cm³/mol. The van der Waals surface area contributed by atoms with Crippen LogP contribution in [0.4, 0.5) is 28.9 Å². The first-order chi connectivity index (χ1) is 9.06. The molecule has 0 bridgehead atoms. The zero-order valence-corrected chi connectivity index (χ0v) is 9.68. The van der Waals surface area contributed by atoms with Gasteiger partial charge in [-0.2, -0.15) is 17.6 Å². The maximum absolute atomic E-state index is 12.7. The van der Waals surface area contributed by atoms with Gasteiger partial charge in [-0.1, -0.05) is 0 Å². The Morgan fingerprint density at radius 1 is 1.15 bits per heavy atom. The minimum atomic E-state index is -4.95. The van der Waals surface area contributed by atoms with E-state index in [0.717, 1.165) is 6.92 Å². The van der Waals surface area contributed by atoms with Gasteiger partial charge >= 0.3 is 18.2 Å². The monoisotopic (exact) mass is 298 g/mol. The van der Waals surface area contributed by atoms with Crippen LogP contribution in [0.5, 0.6) is 5.75 Å². The molecule has 0 unspecified atom stereocenters. The number of rotatable bonds is 5. The molecule has 11 heteroatoms. The Morgan fingerprint density at radius 3 is 2.05 bits per heavy atom. The number of alkyl halides is 4. The van der Waals surface area contributed by atoms with E-state index >= 15 is 0 Å². The average molecular weight is 298 g/mol. The van der Waals surface area contributed by atoms with E-state index in [0.29, 0.717) is 12.1 Å². The number of hydrogen-bond acceptors (Lipinski definition) is 5. The van der Waals surface area contributed by atoms with Crippen molar-refractivity contribution >= 4 is 11.4 Å². The standard InChI is InChI=1S/C9H6F4N2O5/c1-4-2-7(20-9(12,13)8(10)11)6(15(18)19)3-5(4)14(16)17/h2-3,8H,1H3. The van der Waals surface area contributed by atoms with Crippen LogP contribution in [-0.2, 0) is 0 Å². The van der Waals surface area contributed by atoms with Crippen LogP contribution in [0.15, 0.2) is 12.1 Å². The molecule has 0 aliphatic rings. The molecule has 1 aromatic carbocycles. The zero-order valence-electron chi connectivity index (χ0n) is 9.68. The number of benzene rings is 1. The molecule has 0 saturated carbocycles. The highest BCUT2D eigenvalue weighted by Crippen LogP contribution is 2.38. The Kier molecular flexibility index (Phi) is 4.11. The molecule has 0 amide bonds. The molecule has 0 N–H and O–H groups in total. The predicted octanol–water partition coefficient (Wildman–Crippen LogP) is 3.05. The normalized spacial score (nSPS) is 11.5. The molecule has 0 spiro atoms. The molecule has 0 aliphatic carbocycles. The quantitative estimate of drug-likeness (QED) is 0.473. The van der Waals surface area contributed by atoms with Crippen LogP contribution in [0.1, 0.15) is 5.56 Å². The van der Waals surface area contributed by atoms with Crippen molar-refractivity contribution in [3.8, 4) is 5.75 Å². The maximum Gasteiger partial charge on any atom is 0.461 e. The van der Waals surface area contributed by atoms with E-state index < -0.39 is 39.5 Å². The number of nitro groups is 2. The van der Waals surface area contributed by atoms with E-state index in [1.807, 2.05) is 0 Å². The highest BCUT2D eigenvalue weighted by atomic mass is 19.3. The van der Waals surface area contributed by atoms with Gasteiger partial charge in [-0.05, 0) is 13.0 Å². The molecule has 0 heterocycles. The molecular weight excluding hydrogens is 292 g/mol. The number of halogens is 4. The largest absolute Gasteiger partial charge is 0.461 e. The lowest BCUT2D eigenvalue weighted by Gasteiger charge is -2.16. The summed E-state index contributed by atoms with van der Waals surface area (Å²) < 4.78 is 53.1. The maximum atomic E-state index is 12.7. The van der Waals surface area contributed by atoms with Crippen molar-refractivity contribution in [3.63, 3.8) is 0 Å². The van der Waals surface area contributed by atoms with E-state index in [1.54, 1.807) is 0 Å². The molecule has 20 heavy (non-hydrogen) atoms. The zero-order chi connectivity index (χ0) is 15.7. The van der Waals surface area contributed by atoms with Gasteiger partial charge in [0, 0.05) is 5.56 Å². The molecule has 1 aromatic rings. The molecule has 0 aliphatic heterocycles. The summed E-state index contributed by atoms with van der Waals surface area (Å²) in [6, 6.07) is 0.902. The van der Waals surface area contributed by atoms with Crippen molar-refractivity contribution in [2.24, 2.45) is 0 Å². The SMILES string of the molecule is Cc1cc(OC(F)(F)C(F)F)c([N+](=O)[O-])cc1[N+](=O)[O-]. The van der Waals surface area contributed by atoms with Gasteiger partial charge in [0.15, 0.2) is 0 Å². The number of nitro benzene ring substituents is 2. The summed E-state index contributed by atoms with van der Waals surface area (Å²) in [5.41, 5.74) is -2.17. The second kappa shape index (κ2) is 5.27. The minimum Gasteiger partial charge on any atom is -0.421 e. The van der Waals surface area contributed by atoms with Crippen molar-refractivity contribution in [2.45, 2.75) is 19.5 Å². The third-order valence-corrected chi connectivity index (χ3v) is 2.17. The number of nitrogens with zero attached hydrogens (tertiary/aromatic N) is 2. The Bertz CT molecular complexity index is 564. The number of hydrogen-bond donors (Lipinski definition) is 0. The van der Waals surface area contributed by atoms with Gasteiger partial charge in [0.25, 0.3) is 5.69 Å². The summed E-state index contributed by atoms with van der Waals surface area (Å²) >= 11 is 0. The molecule has 7 nitrogen and oxygen atoms in total. The Balaban J connectivity index is 3.36. The lowest BCUT2D eigenvalue weighted by molar-refractivity contribution is -0.396. The van der Waals surface area contributed by atoms with Crippen molar-refractivity contribution in [3.05, 3.63) is 37.9 Å². The molecule has 0 radical (unpaired) electrons. The van der Waals surface area contributed by atoms with Crippen molar-refractivity contribution in [1.82, 2.24) is 0 Å². The number of ether oxygens (including phenoxy) is 1. The Morgan fingerprint density at radius 2 is 1.65 bits per heavy atom. The Labute approximate surface area is 108 Å². The summed E-state index contributed by atoms with van der Waals surface area (Å²) in [6.07, 6.45) is -9.16. The molecule has 0 fully saturated rings. The summed E-state index contributed by atoms with van der Waals surface area (Å²) in [6.45, 7) is 1.09. The lowest BCUT2D eigenvalue weighted by atomic mass is 10.1. The fourth-order valence-electron chi connectivity index (χ4n) is 1.27. The summed E-state index contributed by atoms with van der Waals surface area (Å²) in [4.78, 5) is 19.0. The minimum absolute atomic E-state index is 0.249. The van der Waals surface area contributed by atoms with Crippen LogP contribution in [0, 0.1) is 27.2 Å². The first kappa shape index (κ1) is 15.6.